The predicted octanol–water partition coefficient (Wildman–Crippen LogP) is 6.07. The minimum absolute atomic E-state index is 0.692. The molecule has 0 fully saturated rings. The van der Waals surface area contributed by atoms with Gasteiger partial charge >= 0.3 is 0 Å². The molecule has 4 aromatic carbocycles. The van der Waals surface area contributed by atoms with Crippen molar-refractivity contribution in [2.75, 3.05) is 0 Å². The van der Waals surface area contributed by atoms with Gasteiger partial charge < -0.3 is 19.7 Å². The molecule has 0 saturated heterocycles. The molecule has 0 aliphatic heterocycles. The number of hydrogen-bond donors (Lipinski definition) is 2. The van der Waals surface area contributed by atoms with Crippen LogP contribution in [0.5, 0.6) is 11.5 Å². The molecule has 4 aromatic rings. The lowest BCUT2D eigenvalue weighted by molar-refractivity contribution is -0.000878. The average molecular weight is 443 g/mol. The summed E-state index contributed by atoms with van der Waals surface area (Å²) in [6.07, 6.45) is -0.364. The second-order valence-electron chi connectivity index (χ2n) is 7.55. The minimum Gasteiger partial charge on any atom is -0.465 e. The van der Waals surface area contributed by atoms with Crippen LogP contribution in [0, 0.1) is 0 Å². The lowest BCUT2D eigenvalue weighted by Crippen LogP contribution is -2.09. The topological polar surface area (TPSA) is 58.9 Å². The Balaban J connectivity index is 0.000000142. The minimum atomic E-state index is -0.734. The fraction of sp³-hybridized carbons (Fsp3) is 0.172. The number of ether oxygens (including phenoxy) is 2. The molecule has 0 aromatic heterocycles. The molecule has 2 N–H and O–H groups in total. The van der Waals surface area contributed by atoms with Crippen molar-refractivity contribution >= 4 is 0 Å². The first-order valence-electron chi connectivity index (χ1n) is 11.0. The predicted molar refractivity (Wildman–Crippen MR) is 132 cm³/mol. The van der Waals surface area contributed by atoms with Gasteiger partial charge in [-0.2, -0.15) is 0 Å². The average Bonchev–Trinajstić information content (AvgIpc) is 3.19. The summed E-state index contributed by atoms with van der Waals surface area (Å²) >= 11 is 0. The highest BCUT2D eigenvalue weighted by molar-refractivity contribution is 5.76. The zero-order valence-electron chi connectivity index (χ0n) is 19.0. The van der Waals surface area contributed by atoms with Gasteiger partial charge in [-0.3, -0.25) is 0 Å². The lowest BCUT2D eigenvalue weighted by atomic mass is 10.1. The number of aliphatic hydroxyl groups is 2. The highest BCUT2D eigenvalue weighted by Gasteiger charge is 2.15. The number of hydrogen-bond acceptors (Lipinski definition) is 4. The van der Waals surface area contributed by atoms with E-state index in [-0.39, 0.29) is 0 Å². The number of aliphatic hydroxyl groups excluding tert-OH is 2. The molecular weight excluding hydrogens is 412 g/mol. The van der Waals surface area contributed by atoms with Crippen molar-refractivity contribution in [3.63, 3.8) is 0 Å². The first kappa shape index (κ1) is 24.1. The number of benzene rings is 4. The van der Waals surface area contributed by atoms with Crippen molar-refractivity contribution in [3.8, 4) is 22.6 Å². The van der Waals surface area contributed by atoms with E-state index >= 15 is 0 Å². The van der Waals surface area contributed by atoms with E-state index in [9.17, 15) is 0 Å². The molecule has 1 aliphatic carbocycles. The Labute approximate surface area is 195 Å². The summed E-state index contributed by atoms with van der Waals surface area (Å²) in [5.74, 6) is 1.38. The van der Waals surface area contributed by atoms with E-state index in [4.69, 9.17) is 19.7 Å². The Morgan fingerprint density at radius 2 is 0.848 bits per heavy atom. The Hall–Kier alpha value is -3.60. The van der Waals surface area contributed by atoms with E-state index in [2.05, 4.69) is 48.5 Å². The molecule has 5 rings (SSSR count). The fourth-order valence-corrected chi connectivity index (χ4v) is 3.47. The fourth-order valence-electron chi connectivity index (χ4n) is 3.47. The summed E-state index contributed by atoms with van der Waals surface area (Å²) in [7, 11) is 0. The quantitative estimate of drug-likeness (QED) is 0.332. The summed E-state index contributed by atoms with van der Waals surface area (Å²) in [5.41, 5.74) is 5.75. The van der Waals surface area contributed by atoms with E-state index in [0.717, 1.165) is 6.42 Å². The smallest absolute Gasteiger partial charge is 0.194 e. The van der Waals surface area contributed by atoms with Gasteiger partial charge in [0, 0.05) is 0 Å². The van der Waals surface area contributed by atoms with Crippen LogP contribution in [0.2, 0.25) is 0 Å². The molecule has 4 nitrogen and oxygen atoms in total. The third-order valence-corrected chi connectivity index (χ3v) is 4.81. The normalized spacial score (nSPS) is 12.5. The van der Waals surface area contributed by atoms with E-state index < -0.39 is 12.6 Å². The highest BCUT2D eigenvalue weighted by atomic mass is 16.6. The van der Waals surface area contributed by atoms with Crippen LogP contribution in [0.3, 0.4) is 0 Å². The van der Waals surface area contributed by atoms with Crippen LogP contribution in [0.4, 0.5) is 0 Å². The molecule has 2 unspecified atom stereocenters. The zero-order valence-corrected chi connectivity index (χ0v) is 19.0. The van der Waals surface area contributed by atoms with Crippen molar-refractivity contribution in [1.82, 2.24) is 0 Å². The molecule has 0 bridgehead atoms. The first-order chi connectivity index (χ1) is 16.0. The summed E-state index contributed by atoms with van der Waals surface area (Å²) in [5, 5.41) is 17.6. The van der Waals surface area contributed by atoms with Gasteiger partial charge in [0.2, 0.25) is 0 Å². The number of fused-ring (bicyclic) bond motifs is 3. The van der Waals surface area contributed by atoms with Gasteiger partial charge in [0.15, 0.2) is 12.6 Å². The molecule has 170 valence electrons. The van der Waals surface area contributed by atoms with Crippen molar-refractivity contribution in [2.24, 2.45) is 0 Å². The van der Waals surface area contributed by atoms with Crippen molar-refractivity contribution in [3.05, 3.63) is 120 Å². The van der Waals surface area contributed by atoms with Gasteiger partial charge in [-0.1, -0.05) is 84.9 Å². The molecule has 1 aliphatic rings. The Kier molecular flexibility index (Phi) is 9.07. The molecule has 0 amide bonds. The maximum absolute atomic E-state index is 8.78. The molecular formula is C29H30O4. The number of rotatable bonds is 4. The second-order valence-corrected chi connectivity index (χ2v) is 7.55. The van der Waals surface area contributed by atoms with Crippen LogP contribution in [0.1, 0.15) is 25.0 Å². The molecule has 0 heterocycles. The molecule has 0 radical (unpaired) electrons. The molecule has 4 heteroatoms. The van der Waals surface area contributed by atoms with Crippen LogP contribution in [0.25, 0.3) is 11.1 Å². The zero-order chi connectivity index (χ0) is 23.5. The van der Waals surface area contributed by atoms with E-state index in [0.29, 0.717) is 11.5 Å². The first-order valence-corrected chi connectivity index (χ1v) is 11.0. The van der Waals surface area contributed by atoms with Gasteiger partial charge in [-0.15, -0.1) is 0 Å². The van der Waals surface area contributed by atoms with Gasteiger partial charge in [0.25, 0.3) is 0 Å². The maximum atomic E-state index is 8.78. The van der Waals surface area contributed by atoms with E-state index in [1.54, 1.807) is 38.1 Å². The van der Waals surface area contributed by atoms with Gasteiger partial charge in [-0.25, -0.2) is 0 Å². The van der Waals surface area contributed by atoms with Crippen LogP contribution in [0.15, 0.2) is 109 Å². The standard InChI is InChI=1S/C13H10.2C8H10O2/c1-3-7-12-10(5-1)9-11-6-2-4-8-13(11)12;2*1-7(9)10-8-5-3-2-4-6-8/h1-8H,9H2;2*2-7,9H,1H3. The summed E-state index contributed by atoms with van der Waals surface area (Å²) in [6, 6.07) is 35.7. The van der Waals surface area contributed by atoms with Crippen molar-refractivity contribution in [2.45, 2.75) is 32.8 Å². The third kappa shape index (κ3) is 7.79. The van der Waals surface area contributed by atoms with Crippen LogP contribution in [-0.2, 0) is 6.42 Å². The Bertz CT molecular complexity index is 1000. The Morgan fingerprint density at radius 3 is 1.21 bits per heavy atom. The summed E-state index contributed by atoms with van der Waals surface area (Å²) in [6.45, 7) is 3.15. The monoisotopic (exact) mass is 442 g/mol. The SMILES string of the molecule is CC(O)Oc1ccccc1.CC(O)Oc1ccccc1.c1ccc2c(c1)Cc1ccccc1-2. The molecule has 0 saturated carbocycles. The Morgan fingerprint density at radius 1 is 0.515 bits per heavy atom. The van der Waals surface area contributed by atoms with Crippen LogP contribution in [-0.4, -0.2) is 22.8 Å². The molecule has 33 heavy (non-hydrogen) atoms. The van der Waals surface area contributed by atoms with Crippen LogP contribution < -0.4 is 9.47 Å². The van der Waals surface area contributed by atoms with Crippen molar-refractivity contribution in [1.29, 1.82) is 0 Å². The molecule has 0 spiro atoms. The lowest BCUT2D eigenvalue weighted by Gasteiger charge is -2.06. The number of para-hydroxylation sites is 2. The summed E-state index contributed by atoms with van der Waals surface area (Å²) in [4.78, 5) is 0. The third-order valence-electron chi connectivity index (χ3n) is 4.81. The van der Waals surface area contributed by atoms with Gasteiger partial charge in [-0.05, 0) is 66.8 Å². The van der Waals surface area contributed by atoms with Gasteiger partial charge in [0.1, 0.15) is 11.5 Å². The summed E-state index contributed by atoms with van der Waals surface area (Å²) < 4.78 is 9.94. The largest absolute Gasteiger partial charge is 0.465 e. The van der Waals surface area contributed by atoms with Crippen LogP contribution >= 0.6 is 0 Å². The second kappa shape index (κ2) is 12.4. The van der Waals surface area contributed by atoms with E-state index in [1.807, 2.05) is 36.4 Å². The van der Waals surface area contributed by atoms with Crippen molar-refractivity contribution < 1.29 is 19.7 Å². The van der Waals surface area contributed by atoms with E-state index in [1.165, 1.54) is 22.3 Å². The molecule has 2 atom stereocenters. The highest BCUT2D eigenvalue weighted by Crippen LogP contribution is 2.35. The van der Waals surface area contributed by atoms with Gasteiger partial charge in [0.05, 0.1) is 0 Å². The maximum Gasteiger partial charge on any atom is 0.194 e.